The van der Waals surface area contributed by atoms with Crippen LogP contribution in [0.1, 0.15) is 33.8 Å². The SMILES string of the molecule is CN1CC(NC(=O)c2ccc(C#CCCO)s2)CCC1=O. The van der Waals surface area contributed by atoms with Crippen molar-refractivity contribution >= 4 is 23.2 Å². The summed E-state index contributed by atoms with van der Waals surface area (Å²) < 4.78 is 0. The first kappa shape index (κ1) is 15.5. The molecule has 0 spiro atoms. The van der Waals surface area contributed by atoms with Crippen LogP contribution < -0.4 is 5.32 Å². The summed E-state index contributed by atoms with van der Waals surface area (Å²) in [4.78, 5) is 26.6. The molecular weight excluding hydrogens is 288 g/mol. The Morgan fingerprint density at radius 1 is 1.57 bits per heavy atom. The van der Waals surface area contributed by atoms with E-state index in [1.807, 2.05) is 0 Å². The Hall–Kier alpha value is -1.84. The fraction of sp³-hybridized carbons (Fsp3) is 0.467. The third-order valence-corrected chi connectivity index (χ3v) is 4.24. The fourth-order valence-electron chi connectivity index (χ4n) is 2.12. The van der Waals surface area contributed by atoms with E-state index in [9.17, 15) is 9.59 Å². The minimum atomic E-state index is -0.122. The number of likely N-dealkylation sites (tertiary alicyclic amines) is 1. The van der Waals surface area contributed by atoms with Gasteiger partial charge in [-0.25, -0.2) is 0 Å². The van der Waals surface area contributed by atoms with Gasteiger partial charge in [-0.15, -0.1) is 11.3 Å². The number of piperidine rings is 1. The average Bonchev–Trinajstić information content (AvgIpc) is 2.92. The number of nitrogens with one attached hydrogen (secondary N) is 1. The summed E-state index contributed by atoms with van der Waals surface area (Å²) >= 11 is 1.33. The van der Waals surface area contributed by atoms with Crippen molar-refractivity contribution in [1.29, 1.82) is 0 Å². The summed E-state index contributed by atoms with van der Waals surface area (Å²) in [6.45, 7) is 0.596. The topological polar surface area (TPSA) is 69.6 Å². The van der Waals surface area contributed by atoms with Gasteiger partial charge in [0.25, 0.3) is 5.91 Å². The Kier molecular flexibility index (Phi) is 5.37. The molecule has 0 radical (unpaired) electrons. The van der Waals surface area contributed by atoms with Gasteiger partial charge in [-0.1, -0.05) is 11.8 Å². The molecule has 2 heterocycles. The van der Waals surface area contributed by atoms with E-state index in [-0.39, 0.29) is 24.5 Å². The molecule has 6 heteroatoms. The van der Waals surface area contributed by atoms with Gasteiger partial charge in [0.1, 0.15) is 0 Å². The van der Waals surface area contributed by atoms with Crippen molar-refractivity contribution in [1.82, 2.24) is 10.2 Å². The third kappa shape index (κ3) is 4.31. The van der Waals surface area contributed by atoms with Crippen molar-refractivity contribution in [2.75, 3.05) is 20.2 Å². The maximum absolute atomic E-state index is 12.2. The minimum Gasteiger partial charge on any atom is -0.395 e. The maximum Gasteiger partial charge on any atom is 0.261 e. The van der Waals surface area contributed by atoms with E-state index in [4.69, 9.17) is 5.11 Å². The van der Waals surface area contributed by atoms with Crippen LogP contribution in [0.4, 0.5) is 0 Å². The first-order chi connectivity index (χ1) is 10.1. The Morgan fingerprint density at radius 3 is 3.10 bits per heavy atom. The molecule has 1 atom stereocenters. The van der Waals surface area contributed by atoms with Gasteiger partial charge in [0.05, 0.1) is 16.4 Å². The van der Waals surface area contributed by atoms with Crippen molar-refractivity contribution < 1.29 is 14.7 Å². The van der Waals surface area contributed by atoms with Crippen LogP contribution in [0.2, 0.25) is 0 Å². The standard InChI is InChI=1S/C15H18N2O3S/c1-17-10-11(5-8-14(17)19)16-15(20)13-7-6-12(21-13)4-2-3-9-18/h6-7,11,18H,3,5,8-10H2,1H3,(H,16,20). The third-order valence-electron chi connectivity index (χ3n) is 3.24. The largest absolute Gasteiger partial charge is 0.395 e. The Labute approximate surface area is 128 Å². The normalized spacial score (nSPS) is 18.1. The minimum absolute atomic E-state index is 0.00576. The van der Waals surface area contributed by atoms with Crippen molar-refractivity contribution in [3.63, 3.8) is 0 Å². The molecule has 0 bridgehead atoms. The molecule has 2 rings (SSSR count). The van der Waals surface area contributed by atoms with Crippen molar-refractivity contribution in [3.8, 4) is 11.8 Å². The molecule has 1 saturated heterocycles. The van der Waals surface area contributed by atoms with E-state index >= 15 is 0 Å². The molecule has 0 aromatic carbocycles. The van der Waals surface area contributed by atoms with Crippen LogP contribution in [-0.2, 0) is 4.79 Å². The molecule has 2 amide bonds. The van der Waals surface area contributed by atoms with Gasteiger partial charge in [-0.05, 0) is 18.6 Å². The molecule has 1 fully saturated rings. The smallest absolute Gasteiger partial charge is 0.261 e. The molecule has 112 valence electrons. The van der Waals surface area contributed by atoms with Crippen molar-refractivity contribution in [2.24, 2.45) is 0 Å². The lowest BCUT2D eigenvalue weighted by Crippen LogP contribution is -2.48. The first-order valence-electron chi connectivity index (χ1n) is 6.84. The molecule has 1 aliphatic heterocycles. The number of rotatable bonds is 3. The van der Waals surface area contributed by atoms with Gasteiger partial charge < -0.3 is 15.3 Å². The van der Waals surface area contributed by atoms with E-state index in [0.717, 1.165) is 4.88 Å². The van der Waals surface area contributed by atoms with Crippen LogP contribution in [0.3, 0.4) is 0 Å². The van der Waals surface area contributed by atoms with Crippen LogP contribution >= 0.6 is 11.3 Å². The van der Waals surface area contributed by atoms with Crippen molar-refractivity contribution in [2.45, 2.75) is 25.3 Å². The Morgan fingerprint density at radius 2 is 2.38 bits per heavy atom. The number of hydrogen-bond donors (Lipinski definition) is 2. The van der Waals surface area contributed by atoms with Gasteiger partial charge in [-0.2, -0.15) is 0 Å². The highest BCUT2D eigenvalue weighted by atomic mass is 32.1. The number of carbonyl (C=O) groups excluding carboxylic acids is 2. The molecule has 5 nitrogen and oxygen atoms in total. The number of aliphatic hydroxyl groups is 1. The summed E-state index contributed by atoms with van der Waals surface area (Å²) in [6, 6.07) is 3.56. The summed E-state index contributed by atoms with van der Waals surface area (Å²) in [5.41, 5.74) is 0. The Bertz CT molecular complexity index is 585. The predicted octanol–water partition coefficient (Wildman–Crippen LogP) is 0.833. The summed E-state index contributed by atoms with van der Waals surface area (Å²) in [5.74, 6) is 5.74. The lowest BCUT2D eigenvalue weighted by Gasteiger charge is -2.29. The summed E-state index contributed by atoms with van der Waals surface area (Å²) in [7, 11) is 1.75. The first-order valence-corrected chi connectivity index (χ1v) is 7.66. The fourth-order valence-corrected chi connectivity index (χ4v) is 2.90. The van der Waals surface area contributed by atoms with Gasteiger partial charge in [-0.3, -0.25) is 9.59 Å². The van der Waals surface area contributed by atoms with Crippen LogP contribution in [0.15, 0.2) is 12.1 Å². The second-order valence-electron chi connectivity index (χ2n) is 4.92. The maximum atomic E-state index is 12.2. The van der Waals surface area contributed by atoms with Gasteiger partial charge >= 0.3 is 0 Å². The molecule has 1 unspecified atom stereocenters. The van der Waals surface area contributed by atoms with Crippen LogP contribution in [0, 0.1) is 11.8 Å². The monoisotopic (exact) mass is 306 g/mol. The number of likely N-dealkylation sites (N-methyl/N-ethyl adjacent to an activating group) is 1. The number of aliphatic hydroxyl groups excluding tert-OH is 1. The lowest BCUT2D eigenvalue weighted by molar-refractivity contribution is -0.132. The summed E-state index contributed by atoms with van der Waals surface area (Å²) in [6.07, 6.45) is 1.59. The predicted molar refractivity (Wildman–Crippen MR) is 81.0 cm³/mol. The molecular formula is C15H18N2O3S. The van der Waals surface area contributed by atoms with Gasteiger partial charge in [0.2, 0.25) is 5.91 Å². The molecule has 1 aliphatic rings. The second kappa shape index (κ2) is 7.25. The quantitative estimate of drug-likeness (QED) is 0.813. The van der Waals surface area contributed by atoms with E-state index in [2.05, 4.69) is 17.2 Å². The van der Waals surface area contributed by atoms with Crippen LogP contribution in [-0.4, -0.2) is 48.1 Å². The van der Waals surface area contributed by atoms with Crippen molar-refractivity contribution in [3.05, 3.63) is 21.9 Å². The van der Waals surface area contributed by atoms with Gasteiger partial charge in [0.15, 0.2) is 0 Å². The van der Waals surface area contributed by atoms with Gasteiger partial charge in [0, 0.05) is 32.5 Å². The van der Waals surface area contributed by atoms with Crippen LogP contribution in [0.5, 0.6) is 0 Å². The van der Waals surface area contributed by atoms with E-state index in [0.29, 0.717) is 30.7 Å². The highest BCUT2D eigenvalue weighted by molar-refractivity contribution is 7.14. The zero-order chi connectivity index (χ0) is 15.2. The average molecular weight is 306 g/mol. The molecule has 0 saturated carbocycles. The van der Waals surface area contributed by atoms with E-state index in [1.54, 1.807) is 24.1 Å². The van der Waals surface area contributed by atoms with E-state index in [1.165, 1.54) is 11.3 Å². The zero-order valence-electron chi connectivity index (χ0n) is 11.9. The van der Waals surface area contributed by atoms with E-state index < -0.39 is 0 Å². The zero-order valence-corrected chi connectivity index (χ0v) is 12.7. The number of thiophene rings is 1. The number of hydrogen-bond acceptors (Lipinski definition) is 4. The number of amides is 2. The molecule has 1 aromatic rings. The molecule has 21 heavy (non-hydrogen) atoms. The highest BCUT2D eigenvalue weighted by Gasteiger charge is 2.24. The lowest BCUT2D eigenvalue weighted by atomic mass is 10.1. The molecule has 0 aliphatic carbocycles. The molecule has 2 N–H and O–H groups in total. The molecule has 1 aromatic heterocycles. The van der Waals surface area contributed by atoms with Crippen LogP contribution in [0.25, 0.3) is 0 Å². The Balaban J connectivity index is 1.92. The summed E-state index contributed by atoms with van der Waals surface area (Å²) in [5, 5.41) is 11.6. The highest BCUT2D eigenvalue weighted by Crippen LogP contribution is 2.17. The number of nitrogens with zero attached hydrogens (tertiary/aromatic N) is 1. The number of carbonyl (C=O) groups is 2. The second-order valence-corrected chi connectivity index (χ2v) is 6.01.